The molecule has 0 atom stereocenters. The quantitative estimate of drug-likeness (QED) is 0.720. The van der Waals surface area contributed by atoms with Crippen LogP contribution in [0.4, 0.5) is 26.3 Å². The molecule has 5 nitrogen and oxygen atoms in total. The molecule has 0 fully saturated rings. The van der Waals surface area contributed by atoms with Crippen LogP contribution in [-0.4, -0.2) is 36.1 Å². The number of aromatic nitrogens is 1. The number of benzene rings is 1. The van der Waals surface area contributed by atoms with Gasteiger partial charge < -0.3 is 10.6 Å². The SMILES string of the molecule is Cc1nc(-c2ccc(C(F)(F)F)cc2)sc1C(=O)NCC(=O)NCC(F)(F)F. The van der Waals surface area contributed by atoms with Crippen LogP contribution in [0.2, 0.25) is 0 Å². The topological polar surface area (TPSA) is 71.1 Å². The zero-order chi connectivity index (χ0) is 21.1. The summed E-state index contributed by atoms with van der Waals surface area (Å²) in [6.07, 6.45) is -9.04. The third-order valence-electron chi connectivity index (χ3n) is 3.36. The molecule has 12 heteroatoms. The van der Waals surface area contributed by atoms with Crippen LogP contribution in [0.3, 0.4) is 0 Å². The van der Waals surface area contributed by atoms with Gasteiger partial charge in [-0.1, -0.05) is 12.1 Å². The summed E-state index contributed by atoms with van der Waals surface area (Å²) in [6, 6.07) is 4.20. The van der Waals surface area contributed by atoms with Gasteiger partial charge in [-0.05, 0) is 19.1 Å². The number of hydrogen-bond donors (Lipinski definition) is 2. The van der Waals surface area contributed by atoms with E-state index in [1.54, 1.807) is 5.32 Å². The van der Waals surface area contributed by atoms with Crippen molar-refractivity contribution in [1.29, 1.82) is 0 Å². The molecule has 2 amide bonds. The predicted octanol–water partition coefficient (Wildman–Crippen LogP) is 3.55. The van der Waals surface area contributed by atoms with E-state index in [0.717, 1.165) is 23.5 Å². The van der Waals surface area contributed by atoms with Gasteiger partial charge in [0.1, 0.15) is 16.4 Å². The summed E-state index contributed by atoms with van der Waals surface area (Å²) in [5.74, 6) is -1.74. The molecule has 2 rings (SSSR count). The van der Waals surface area contributed by atoms with Gasteiger partial charge in [-0.25, -0.2) is 4.98 Å². The molecule has 0 bridgehead atoms. The Labute approximate surface area is 158 Å². The highest BCUT2D eigenvalue weighted by molar-refractivity contribution is 7.17. The number of nitrogens with zero attached hydrogens (tertiary/aromatic N) is 1. The molecule has 0 unspecified atom stereocenters. The van der Waals surface area contributed by atoms with Gasteiger partial charge in [0.05, 0.1) is 17.8 Å². The number of aryl methyl sites for hydroxylation is 1. The summed E-state index contributed by atoms with van der Waals surface area (Å²) >= 11 is 0.887. The number of rotatable bonds is 5. The third-order valence-corrected chi connectivity index (χ3v) is 4.56. The van der Waals surface area contributed by atoms with Crippen molar-refractivity contribution in [3.63, 3.8) is 0 Å². The zero-order valence-electron chi connectivity index (χ0n) is 14.2. The van der Waals surface area contributed by atoms with Crippen molar-refractivity contribution in [3.05, 3.63) is 40.4 Å². The molecule has 1 heterocycles. The lowest BCUT2D eigenvalue weighted by Gasteiger charge is -2.08. The van der Waals surface area contributed by atoms with Crippen molar-refractivity contribution in [2.75, 3.05) is 13.1 Å². The van der Waals surface area contributed by atoms with E-state index in [9.17, 15) is 35.9 Å². The van der Waals surface area contributed by atoms with E-state index in [1.165, 1.54) is 19.1 Å². The molecule has 0 aliphatic carbocycles. The molecule has 2 N–H and O–H groups in total. The molecule has 1 aromatic heterocycles. The molecule has 0 aliphatic rings. The van der Waals surface area contributed by atoms with E-state index in [-0.39, 0.29) is 15.6 Å². The first kappa shape index (κ1) is 21.7. The van der Waals surface area contributed by atoms with Crippen LogP contribution in [0.5, 0.6) is 0 Å². The summed E-state index contributed by atoms with van der Waals surface area (Å²) in [5.41, 5.74) is -0.191. The van der Waals surface area contributed by atoms with Crippen LogP contribution in [0, 0.1) is 6.92 Å². The van der Waals surface area contributed by atoms with E-state index in [0.29, 0.717) is 5.56 Å². The third kappa shape index (κ3) is 5.94. The van der Waals surface area contributed by atoms with Gasteiger partial charge in [0.2, 0.25) is 5.91 Å². The van der Waals surface area contributed by atoms with Crippen LogP contribution in [-0.2, 0) is 11.0 Å². The standard InChI is InChI=1S/C16H13F6N3O2S/c1-8-12(13(27)23-6-11(26)24-7-15(17,18)19)28-14(25-8)9-2-4-10(5-3-9)16(20,21)22/h2-5H,6-7H2,1H3,(H,23,27)(H,24,26). The van der Waals surface area contributed by atoms with E-state index in [1.807, 2.05) is 0 Å². The Morgan fingerprint density at radius 1 is 1.04 bits per heavy atom. The van der Waals surface area contributed by atoms with Gasteiger partial charge in [0, 0.05) is 5.56 Å². The molecule has 0 saturated heterocycles. The Balaban J connectivity index is 2.03. The number of amides is 2. The fraction of sp³-hybridized carbons (Fsp3) is 0.312. The first-order valence-electron chi connectivity index (χ1n) is 7.63. The first-order chi connectivity index (χ1) is 12.9. The van der Waals surface area contributed by atoms with Crippen LogP contribution >= 0.6 is 11.3 Å². The van der Waals surface area contributed by atoms with E-state index >= 15 is 0 Å². The van der Waals surface area contributed by atoms with Crippen LogP contribution in [0.25, 0.3) is 10.6 Å². The highest BCUT2D eigenvalue weighted by Crippen LogP contribution is 2.32. The first-order valence-corrected chi connectivity index (χ1v) is 8.45. The lowest BCUT2D eigenvalue weighted by atomic mass is 10.1. The molecule has 0 saturated carbocycles. The number of carbonyl (C=O) groups excluding carboxylic acids is 2. The normalized spacial score (nSPS) is 12.0. The minimum atomic E-state index is -4.56. The highest BCUT2D eigenvalue weighted by atomic mass is 32.1. The van der Waals surface area contributed by atoms with Crippen LogP contribution < -0.4 is 10.6 Å². The van der Waals surface area contributed by atoms with Gasteiger partial charge >= 0.3 is 12.4 Å². The van der Waals surface area contributed by atoms with Crippen molar-refractivity contribution in [2.45, 2.75) is 19.3 Å². The van der Waals surface area contributed by atoms with Crippen molar-refractivity contribution in [1.82, 2.24) is 15.6 Å². The maximum atomic E-state index is 12.6. The maximum absolute atomic E-state index is 12.6. The van der Waals surface area contributed by atoms with Gasteiger partial charge in [-0.2, -0.15) is 26.3 Å². The average molecular weight is 425 g/mol. The second-order valence-electron chi connectivity index (χ2n) is 5.58. The molecular formula is C16H13F6N3O2S. The lowest BCUT2D eigenvalue weighted by Crippen LogP contribution is -2.40. The largest absolute Gasteiger partial charge is 0.416 e. The van der Waals surface area contributed by atoms with E-state index in [2.05, 4.69) is 10.3 Å². The van der Waals surface area contributed by atoms with Crippen molar-refractivity contribution < 1.29 is 35.9 Å². The fourth-order valence-corrected chi connectivity index (χ4v) is 3.02. The number of nitrogens with one attached hydrogen (secondary N) is 2. The second-order valence-corrected chi connectivity index (χ2v) is 6.58. The van der Waals surface area contributed by atoms with Crippen molar-refractivity contribution in [2.24, 2.45) is 0 Å². The number of halogens is 6. The monoisotopic (exact) mass is 425 g/mol. The number of alkyl halides is 6. The van der Waals surface area contributed by atoms with Crippen LogP contribution in [0.1, 0.15) is 20.9 Å². The average Bonchev–Trinajstić information content (AvgIpc) is 2.98. The number of thiazole rings is 1. The minimum absolute atomic E-state index is 0.0959. The minimum Gasteiger partial charge on any atom is -0.345 e. The molecule has 0 spiro atoms. The Morgan fingerprint density at radius 3 is 2.18 bits per heavy atom. The van der Waals surface area contributed by atoms with E-state index in [4.69, 9.17) is 0 Å². The molecule has 28 heavy (non-hydrogen) atoms. The molecule has 0 radical (unpaired) electrons. The molecule has 2 aromatic rings. The lowest BCUT2D eigenvalue weighted by molar-refractivity contribution is -0.137. The highest BCUT2D eigenvalue weighted by Gasteiger charge is 2.30. The molecule has 1 aromatic carbocycles. The van der Waals surface area contributed by atoms with E-state index < -0.39 is 42.8 Å². The summed E-state index contributed by atoms with van der Waals surface area (Å²) in [6.45, 7) is -0.691. The number of hydrogen-bond acceptors (Lipinski definition) is 4. The summed E-state index contributed by atoms with van der Waals surface area (Å²) < 4.78 is 73.9. The zero-order valence-corrected chi connectivity index (χ0v) is 15.0. The predicted molar refractivity (Wildman–Crippen MR) is 88.7 cm³/mol. The molecule has 0 aliphatic heterocycles. The summed E-state index contributed by atoms with van der Waals surface area (Å²) in [4.78, 5) is 27.6. The van der Waals surface area contributed by atoms with Gasteiger partial charge in [0.15, 0.2) is 0 Å². The van der Waals surface area contributed by atoms with Gasteiger partial charge in [0.25, 0.3) is 5.91 Å². The van der Waals surface area contributed by atoms with Gasteiger partial charge in [-0.15, -0.1) is 11.3 Å². The fourth-order valence-electron chi connectivity index (χ4n) is 2.03. The van der Waals surface area contributed by atoms with Gasteiger partial charge in [-0.3, -0.25) is 9.59 Å². The van der Waals surface area contributed by atoms with Crippen molar-refractivity contribution in [3.8, 4) is 10.6 Å². The number of carbonyl (C=O) groups is 2. The molecular weight excluding hydrogens is 412 g/mol. The van der Waals surface area contributed by atoms with Crippen molar-refractivity contribution >= 4 is 23.2 Å². The maximum Gasteiger partial charge on any atom is 0.416 e. The Morgan fingerprint density at radius 2 is 1.64 bits per heavy atom. The smallest absolute Gasteiger partial charge is 0.345 e. The summed E-state index contributed by atoms with van der Waals surface area (Å²) in [5, 5.41) is 4.07. The molecule has 152 valence electrons. The Bertz CT molecular complexity index is 859. The Kier molecular flexibility index (Phi) is 6.32. The Hall–Kier alpha value is -2.63. The summed E-state index contributed by atoms with van der Waals surface area (Å²) in [7, 11) is 0. The van der Waals surface area contributed by atoms with Crippen LogP contribution in [0.15, 0.2) is 24.3 Å². The second kappa shape index (κ2) is 8.17.